The van der Waals surface area contributed by atoms with Crippen molar-refractivity contribution in [3.63, 3.8) is 0 Å². The Morgan fingerprint density at radius 1 is 0.256 bits per heavy atom. The quantitative estimate of drug-likeness (QED) is 0.134. The lowest BCUT2D eigenvalue weighted by atomic mass is 9.85. The van der Waals surface area contributed by atoms with Crippen molar-refractivity contribution in [1.29, 1.82) is 0 Å². The highest BCUT2D eigenvalue weighted by atomic mass is 28.3. The van der Waals surface area contributed by atoms with Gasteiger partial charge in [-0.25, -0.2) is 0 Å². The van der Waals surface area contributed by atoms with Crippen LogP contribution >= 0.6 is 0 Å². The molecule has 0 amide bonds. The number of hydrogen-bond donors (Lipinski definition) is 0. The van der Waals surface area contributed by atoms with E-state index >= 15 is 4.79 Å². The zero-order valence-corrected chi connectivity index (χ0v) is 67.8. The fourth-order valence-electron chi connectivity index (χ4n) is 14.6. The van der Waals surface area contributed by atoms with Crippen LogP contribution in [-0.4, -0.2) is 70.4 Å². The van der Waals surface area contributed by atoms with Crippen molar-refractivity contribution in [2.24, 2.45) is 0 Å². The molecule has 0 fully saturated rings. The summed E-state index contributed by atoms with van der Waals surface area (Å²) in [7, 11) is -18.3. The Morgan fingerprint density at radius 3 is 0.744 bits per heavy atom. The van der Waals surface area contributed by atoms with Gasteiger partial charge in [0.2, 0.25) is 5.78 Å². The number of hydrogen-bond acceptors (Lipinski definition) is 1. The number of ketones is 1. The minimum absolute atomic E-state index is 0.0836. The molecule has 0 saturated heterocycles. The monoisotopic (exact) mass is 1240 g/mol. The second-order valence-corrected chi connectivity index (χ2v) is 74.0. The lowest BCUT2D eigenvalue weighted by Crippen LogP contribution is -2.45. The Morgan fingerprint density at radius 2 is 0.476 bits per heavy atom. The minimum atomic E-state index is -2.61. The normalized spacial score (nSPS) is 14.2. The molecule has 0 radical (unpaired) electrons. The highest BCUT2D eigenvalue weighted by molar-refractivity contribution is 6.93. The fraction of sp³-hybridized carbons (Fsp3) is 0.658. The third kappa shape index (κ3) is 16.3. The minimum Gasteiger partial charge on any atom is -0.287 e. The van der Waals surface area contributed by atoms with E-state index in [1.54, 1.807) is 0 Å². The third-order valence-electron chi connectivity index (χ3n) is 18.5. The van der Waals surface area contributed by atoms with Gasteiger partial charge in [-0.3, -0.25) is 4.79 Å². The number of carbonyl (C=O) groups excluding carboxylic acids is 1. The van der Waals surface area contributed by atoms with Crippen LogP contribution in [0.15, 0.2) is 16.7 Å². The maximum Gasteiger partial charge on any atom is 0.211 e. The molecule has 0 heterocycles. The molecular formula is C73H120OSi8. The molecular weight excluding hydrogens is 1120 g/mol. The van der Waals surface area contributed by atoms with Crippen molar-refractivity contribution in [2.45, 2.75) is 311 Å². The van der Waals surface area contributed by atoms with Crippen molar-refractivity contribution in [2.75, 3.05) is 0 Å². The molecule has 0 aliphatic heterocycles. The van der Waals surface area contributed by atoms with Crippen LogP contribution in [0.5, 0.6) is 0 Å². The van der Waals surface area contributed by atoms with Crippen LogP contribution in [-0.2, 0) is 4.79 Å². The van der Waals surface area contributed by atoms with E-state index in [-0.39, 0.29) is 5.78 Å². The number of benzene rings is 1. The molecule has 82 heavy (non-hydrogen) atoms. The molecule has 1 aromatic carbocycles. The van der Waals surface area contributed by atoms with E-state index < -0.39 is 64.6 Å². The first-order valence-electron chi connectivity index (χ1n) is 32.0. The van der Waals surface area contributed by atoms with Crippen LogP contribution in [0.2, 0.25) is 145 Å². The van der Waals surface area contributed by atoms with E-state index in [1.165, 1.54) is 5.19 Å². The number of carbonyl (C=O) groups is 1. The van der Waals surface area contributed by atoms with Gasteiger partial charge in [-0.2, -0.15) is 0 Å². The molecule has 1 aromatic rings. The first-order chi connectivity index (χ1) is 37.0. The summed E-state index contributed by atoms with van der Waals surface area (Å²) >= 11 is 0. The summed E-state index contributed by atoms with van der Waals surface area (Å²) in [5.41, 5.74) is 40.5. The summed E-state index contributed by atoms with van der Waals surface area (Å²) < 4.78 is 0. The largest absolute Gasteiger partial charge is 0.287 e. The molecule has 2 rings (SSSR count). The predicted octanol–water partition coefficient (Wildman–Crippen LogP) is 20.8. The average Bonchev–Trinajstić information content (AvgIpc) is 3.80. The Labute approximate surface area is 518 Å². The van der Waals surface area contributed by atoms with E-state index in [2.05, 4.69) is 325 Å². The molecule has 1 aliphatic rings. The van der Waals surface area contributed by atoms with Gasteiger partial charge in [0.05, 0.1) is 35.9 Å². The van der Waals surface area contributed by atoms with E-state index in [4.69, 9.17) is 0 Å². The summed E-state index contributed by atoms with van der Waals surface area (Å²) in [6.07, 6.45) is 0. The molecule has 0 saturated carbocycles. The van der Waals surface area contributed by atoms with Crippen LogP contribution in [0, 0.1) is 80.2 Å². The second-order valence-electron chi connectivity index (χ2n) is 32.4. The van der Waals surface area contributed by atoms with Crippen molar-refractivity contribution in [3.8, 4) is 80.2 Å². The Bertz CT molecular complexity index is 2960. The molecule has 0 aromatic heterocycles. The Hall–Kier alpha value is -2.97. The van der Waals surface area contributed by atoms with Gasteiger partial charge in [0, 0.05) is 22.3 Å². The van der Waals surface area contributed by atoms with E-state index in [0.717, 1.165) is 39.0 Å². The summed E-state index contributed by atoms with van der Waals surface area (Å²) in [4.78, 5) is 16.7. The number of Topliss-reactive ketones (excluding diaryl/α,β-unsaturated/α-hetero) is 1. The van der Waals surface area contributed by atoms with Crippen LogP contribution in [0.3, 0.4) is 0 Å². The molecule has 1 aliphatic carbocycles. The van der Waals surface area contributed by atoms with E-state index in [0.29, 0.717) is 77.6 Å². The van der Waals surface area contributed by atoms with Gasteiger partial charge in [-0.15, -0.1) is 38.8 Å². The van der Waals surface area contributed by atoms with Crippen LogP contribution in [0.4, 0.5) is 0 Å². The fourth-order valence-corrected chi connectivity index (χ4v) is 38.9. The maximum absolute atomic E-state index is 16.7. The molecule has 0 unspecified atom stereocenters. The number of allylic oxidation sites excluding steroid dienone is 4. The zero-order valence-electron chi connectivity index (χ0n) is 59.8. The second kappa shape index (κ2) is 28.2. The topological polar surface area (TPSA) is 17.1 Å². The summed E-state index contributed by atoms with van der Waals surface area (Å²) in [5, 5.41) is 1.20. The first-order valence-corrected chi connectivity index (χ1v) is 55.0. The summed E-state index contributed by atoms with van der Waals surface area (Å²) in [6.45, 7) is 85.7. The van der Waals surface area contributed by atoms with Gasteiger partial charge >= 0.3 is 0 Å². The van der Waals surface area contributed by atoms with Gasteiger partial charge in [0.25, 0.3) is 0 Å². The lowest BCUT2D eigenvalue weighted by molar-refractivity contribution is -0.111. The van der Waals surface area contributed by atoms with Crippen LogP contribution in [0.25, 0.3) is 5.57 Å². The van der Waals surface area contributed by atoms with Gasteiger partial charge in [-0.05, 0) is 71.7 Å². The van der Waals surface area contributed by atoms with Gasteiger partial charge < -0.3 is 0 Å². The highest BCUT2D eigenvalue weighted by Gasteiger charge is 2.47. The smallest absolute Gasteiger partial charge is 0.211 e. The molecule has 1 nitrogen and oxygen atoms in total. The van der Waals surface area contributed by atoms with Crippen molar-refractivity contribution >= 4 is 81.1 Å². The first kappa shape index (κ1) is 75.1. The van der Waals surface area contributed by atoms with Gasteiger partial charge in [0.15, 0.2) is 0 Å². The Balaban J connectivity index is 4.54. The molecule has 450 valence electrons. The van der Waals surface area contributed by atoms with Crippen LogP contribution < -0.4 is 5.19 Å². The van der Waals surface area contributed by atoms with Crippen LogP contribution in [0.1, 0.15) is 194 Å². The predicted molar refractivity (Wildman–Crippen MR) is 393 cm³/mol. The number of rotatable bonds is 14. The average molecular weight is 1240 g/mol. The molecule has 0 bridgehead atoms. The van der Waals surface area contributed by atoms with E-state index in [1.807, 2.05) is 0 Å². The van der Waals surface area contributed by atoms with Gasteiger partial charge in [-0.1, -0.05) is 286 Å². The van der Waals surface area contributed by atoms with E-state index in [9.17, 15) is 0 Å². The van der Waals surface area contributed by atoms with Gasteiger partial charge in [0.1, 0.15) is 56.5 Å². The Kier molecular flexibility index (Phi) is 25.9. The van der Waals surface area contributed by atoms with Crippen molar-refractivity contribution in [1.82, 2.24) is 0 Å². The van der Waals surface area contributed by atoms with Crippen molar-refractivity contribution < 1.29 is 4.79 Å². The maximum atomic E-state index is 16.7. The summed E-state index contributed by atoms with van der Waals surface area (Å²) in [5.74, 6) is 28.1. The molecule has 0 N–H and O–H groups in total. The third-order valence-corrected chi connectivity index (χ3v) is 48.3. The lowest BCUT2D eigenvalue weighted by Gasteiger charge is -2.38. The standard InChI is InChI=1S/C73H120OSi8/c1-51(2)79(52(3)4,53(5)6)47-40-65-63(37-44-75(25,26)27)64(38-45-76(28,29)30)68(42-49-81(57(13)14,58(15)16)59(17)18)73(78(34,35)36)71(65)70-66(39-46-77(31,32)33)67(41-48-80(54(7)8,55(9)10)56(11)12)72(74)69(70)43-50-82(60(19)20,61(21)22)62(23)24/h51-62H,1-36H3. The highest BCUT2D eigenvalue weighted by Crippen LogP contribution is 2.47. The van der Waals surface area contributed by atoms with Crippen molar-refractivity contribution in [3.05, 3.63) is 44.5 Å². The summed E-state index contributed by atoms with van der Waals surface area (Å²) in [6, 6.07) is 0. The molecule has 0 atom stereocenters. The zero-order chi connectivity index (χ0) is 64.2. The SMILES string of the molecule is CC(C)[Si](C#CC1=C(C#C[Si](C)(C)C)C(c2c(C#C[Si](C(C)C)(C(C)C)C(C)C)c(C#C[Si](C)(C)C)c(C#C[Si](C)(C)C)c(C#C[Si](C(C)C)(C(C)C)C(C)C)c2[Si](C)(C)C)=C(C#C[Si](C(C)C)(C(C)C)C(C)C)C1=O)(C(C)C)C(C)C. The molecule has 9 heteroatoms. The molecule has 0 spiro atoms.